The van der Waals surface area contributed by atoms with Crippen molar-refractivity contribution >= 4 is 13.5 Å². The monoisotopic (exact) mass is 266 g/mol. The highest BCUT2D eigenvalue weighted by molar-refractivity contribution is 7.05. The van der Waals surface area contributed by atoms with Gasteiger partial charge >= 0.3 is 0 Å². The molecule has 1 heterocycles. The Balaban J connectivity index is 2.29. The summed E-state index contributed by atoms with van der Waals surface area (Å²) >= 11 is 0. The molecule has 2 nitrogen and oxygen atoms in total. The van der Waals surface area contributed by atoms with Gasteiger partial charge in [0.1, 0.15) is 8.07 Å². The van der Waals surface area contributed by atoms with E-state index in [-0.39, 0.29) is 5.41 Å². The van der Waals surface area contributed by atoms with Gasteiger partial charge in [-0.1, -0.05) is 32.5 Å². The van der Waals surface area contributed by atoms with Crippen molar-refractivity contribution in [3.05, 3.63) is 0 Å². The van der Waals surface area contributed by atoms with Crippen LogP contribution in [0.15, 0.2) is 0 Å². The minimum absolute atomic E-state index is 0.170. The molecule has 1 fully saturated rings. The number of hydrogen-bond donors (Lipinski definition) is 0. The SMILES string of the molecule is CC(CCC#CC(=O)[Si](C)(C)C)C1CCCCO1. The maximum atomic E-state index is 11.7. The minimum atomic E-state index is -1.71. The summed E-state index contributed by atoms with van der Waals surface area (Å²) in [6, 6.07) is 0. The second-order valence-corrected chi connectivity index (χ2v) is 11.3. The Morgan fingerprint density at radius 3 is 2.67 bits per heavy atom. The van der Waals surface area contributed by atoms with Crippen LogP contribution in [0.2, 0.25) is 19.6 Å². The molecule has 0 aromatic heterocycles. The number of carbonyl (C=O) groups excluding carboxylic acids is 1. The Bertz CT molecular complexity index is 327. The highest BCUT2D eigenvalue weighted by Crippen LogP contribution is 2.22. The van der Waals surface area contributed by atoms with Crippen molar-refractivity contribution in [2.75, 3.05) is 6.61 Å². The zero-order chi connectivity index (χ0) is 13.6. The third kappa shape index (κ3) is 5.37. The molecule has 0 radical (unpaired) electrons. The second-order valence-electron chi connectivity index (χ2n) is 6.30. The first-order valence-corrected chi connectivity index (χ1v) is 10.6. The average Bonchev–Trinajstić information content (AvgIpc) is 2.34. The van der Waals surface area contributed by atoms with Gasteiger partial charge in [0.05, 0.1) is 6.10 Å². The summed E-state index contributed by atoms with van der Waals surface area (Å²) in [6.45, 7) is 9.28. The van der Waals surface area contributed by atoms with E-state index in [0.29, 0.717) is 12.0 Å². The zero-order valence-electron chi connectivity index (χ0n) is 12.2. The van der Waals surface area contributed by atoms with Gasteiger partial charge in [-0.15, -0.1) is 0 Å². The lowest BCUT2D eigenvalue weighted by Crippen LogP contribution is -2.31. The van der Waals surface area contributed by atoms with E-state index in [0.717, 1.165) is 19.4 Å². The molecule has 3 heteroatoms. The van der Waals surface area contributed by atoms with E-state index < -0.39 is 8.07 Å². The molecule has 0 spiro atoms. The molecule has 1 aliphatic rings. The van der Waals surface area contributed by atoms with Crippen molar-refractivity contribution in [2.45, 2.75) is 64.8 Å². The maximum absolute atomic E-state index is 11.7. The third-order valence-corrected chi connectivity index (χ3v) is 4.94. The largest absolute Gasteiger partial charge is 0.378 e. The molecule has 18 heavy (non-hydrogen) atoms. The van der Waals surface area contributed by atoms with Crippen molar-refractivity contribution < 1.29 is 9.53 Å². The van der Waals surface area contributed by atoms with Crippen LogP contribution >= 0.6 is 0 Å². The first-order valence-electron chi connectivity index (χ1n) is 7.06. The van der Waals surface area contributed by atoms with Gasteiger partial charge in [-0.05, 0) is 37.5 Å². The molecule has 0 bridgehead atoms. The number of ether oxygens (including phenoxy) is 1. The first kappa shape index (κ1) is 15.5. The van der Waals surface area contributed by atoms with Crippen LogP contribution in [-0.4, -0.2) is 26.2 Å². The Hall–Kier alpha value is -0.593. The van der Waals surface area contributed by atoms with Gasteiger partial charge < -0.3 is 4.74 Å². The fourth-order valence-electron chi connectivity index (χ4n) is 2.03. The van der Waals surface area contributed by atoms with E-state index in [9.17, 15) is 4.79 Å². The summed E-state index contributed by atoms with van der Waals surface area (Å²) in [7, 11) is -1.71. The van der Waals surface area contributed by atoms with Crippen molar-refractivity contribution in [3.8, 4) is 11.8 Å². The van der Waals surface area contributed by atoms with Crippen LogP contribution < -0.4 is 0 Å². The standard InChI is InChI=1S/C15H26O2Si/c1-13(14-10-7-8-12-17-14)9-5-6-11-15(16)18(2,3)4/h13-14H,5,7-10,12H2,1-4H3. The molecule has 0 aromatic carbocycles. The number of carbonyl (C=O) groups is 1. The second kappa shape index (κ2) is 7.11. The molecule has 102 valence electrons. The lowest BCUT2D eigenvalue weighted by Gasteiger charge is -2.27. The molecule has 2 unspecified atom stereocenters. The number of rotatable bonds is 4. The van der Waals surface area contributed by atoms with Crippen LogP contribution in [0.25, 0.3) is 0 Å². The minimum Gasteiger partial charge on any atom is -0.378 e. The Labute approximate surface area is 112 Å². The third-order valence-electron chi connectivity index (χ3n) is 3.46. The van der Waals surface area contributed by atoms with E-state index >= 15 is 0 Å². The van der Waals surface area contributed by atoms with Gasteiger partial charge in [0, 0.05) is 13.0 Å². The van der Waals surface area contributed by atoms with Crippen molar-refractivity contribution in [2.24, 2.45) is 5.92 Å². The van der Waals surface area contributed by atoms with Crippen LogP contribution in [0.1, 0.15) is 39.0 Å². The summed E-state index contributed by atoms with van der Waals surface area (Å²) in [5.41, 5.74) is 0. The smallest absolute Gasteiger partial charge is 0.180 e. The zero-order valence-corrected chi connectivity index (χ0v) is 13.2. The van der Waals surface area contributed by atoms with Gasteiger partial charge in [-0.25, -0.2) is 0 Å². The molecule has 1 saturated heterocycles. The Morgan fingerprint density at radius 2 is 2.11 bits per heavy atom. The summed E-state index contributed by atoms with van der Waals surface area (Å²) in [5.74, 6) is 6.41. The summed E-state index contributed by atoms with van der Waals surface area (Å²) in [4.78, 5) is 11.7. The van der Waals surface area contributed by atoms with Gasteiger partial charge in [0.2, 0.25) is 0 Å². The first-order chi connectivity index (χ1) is 8.41. The number of hydrogen-bond acceptors (Lipinski definition) is 2. The summed E-state index contributed by atoms with van der Waals surface area (Å²) in [6.07, 6.45) is 5.94. The van der Waals surface area contributed by atoms with Crippen LogP contribution in [0.3, 0.4) is 0 Å². The molecule has 2 atom stereocenters. The van der Waals surface area contributed by atoms with Gasteiger partial charge in [-0.2, -0.15) is 0 Å². The maximum Gasteiger partial charge on any atom is 0.180 e. The van der Waals surface area contributed by atoms with Gasteiger partial charge in [0.25, 0.3) is 0 Å². The molecule has 0 saturated carbocycles. The predicted octanol–water partition coefficient (Wildman–Crippen LogP) is 3.42. The van der Waals surface area contributed by atoms with Crippen LogP contribution in [0.4, 0.5) is 0 Å². The van der Waals surface area contributed by atoms with Crippen LogP contribution in [0, 0.1) is 17.8 Å². The molecule has 1 rings (SSSR count). The Kier molecular flexibility index (Phi) is 6.11. The molecular weight excluding hydrogens is 240 g/mol. The summed E-state index contributed by atoms with van der Waals surface area (Å²) < 4.78 is 5.76. The topological polar surface area (TPSA) is 26.3 Å². The Morgan fingerprint density at radius 1 is 1.39 bits per heavy atom. The van der Waals surface area contributed by atoms with Crippen molar-refractivity contribution in [1.82, 2.24) is 0 Å². The quantitative estimate of drug-likeness (QED) is 0.576. The highest BCUT2D eigenvalue weighted by Gasteiger charge is 2.22. The highest BCUT2D eigenvalue weighted by atomic mass is 28.3. The predicted molar refractivity (Wildman–Crippen MR) is 78.1 cm³/mol. The average molecular weight is 266 g/mol. The van der Waals surface area contributed by atoms with Crippen LogP contribution in [0.5, 0.6) is 0 Å². The molecule has 0 aromatic rings. The molecule has 0 N–H and O–H groups in total. The van der Waals surface area contributed by atoms with E-state index in [1.165, 1.54) is 19.3 Å². The van der Waals surface area contributed by atoms with Crippen molar-refractivity contribution in [1.29, 1.82) is 0 Å². The van der Waals surface area contributed by atoms with E-state index in [4.69, 9.17) is 4.74 Å². The fraction of sp³-hybridized carbons (Fsp3) is 0.800. The van der Waals surface area contributed by atoms with E-state index in [1.54, 1.807) is 0 Å². The van der Waals surface area contributed by atoms with E-state index in [1.807, 2.05) is 19.6 Å². The lowest BCUT2D eigenvalue weighted by atomic mass is 9.93. The van der Waals surface area contributed by atoms with Crippen molar-refractivity contribution in [3.63, 3.8) is 0 Å². The molecular formula is C15H26O2Si. The van der Waals surface area contributed by atoms with E-state index in [2.05, 4.69) is 18.8 Å². The normalized spacial score (nSPS) is 21.9. The molecule has 0 amide bonds. The summed E-state index contributed by atoms with van der Waals surface area (Å²) in [5, 5.41) is 0.170. The van der Waals surface area contributed by atoms with Crippen LogP contribution in [-0.2, 0) is 9.53 Å². The van der Waals surface area contributed by atoms with Gasteiger partial charge in [0.15, 0.2) is 5.41 Å². The molecule has 1 aliphatic heterocycles. The fourth-order valence-corrected chi connectivity index (χ4v) is 2.49. The lowest BCUT2D eigenvalue weighted by molar-refractivity contribution is -0.107. The van der Waals surface area contributed by atoms with Gasteiger partial charge in [-0.3, -0.25) is 4.79 Å². The molecule has 0 aliphatic carbocycles.